The summed E-state index contributed by atoms with van der Waals surface area (Å²) < 4.78 is 5.89. The second kappa shape index (κ2) is 7.13. The molecule has 0 aliphatic carbocycles. The van der Waals surface area contributed by atoms with Gasteiger partial charge in [0.15, 0.2) is 0 Å². The lowest BCUT2D eigenvalue weighted by Gasteiger charge is -2.39. The number of nitrogens with one attached hydrogen (secondary N) is 1. The summed E-state index contributed by atoms with van der Waals surface area (Å²) in [6.07, 6.45) is 2.97. The minimum atomic E-state index is -0.349. The van der Waals surface area contributed by atoms with E-state index >= 15 is 0 Å². The van der Waals surface area contributed by atoms with Crippen molar-refractivity contribution in [2.24, 2.45) is 0 Å². The average Bonchev–Trinajstić information content (AvgIpc) is 3.01. The molecule has 1 N–H and O–H groups in total. The van der Waals surface area contributed by atoms with Gasteiger partial charge in [-0.2, -0.15) is 0 Å². The lowest BCUT2D eigenvalue weighted by molar-refractivity contribution is -0.146. The van der Waals surface area contributed by atoms with Crippen molar-refractivity contribution in [3.63, 3.8) is 0 Å². The van der Waals surface area contributed by atoms with Crippen LogP contribution in [0.4, 0.5) is 0 Å². The van der Waals surface area contributed by atoms with Gasteiger partial charge >= 0.3 is 0 Å². The fraction of sp³-hybridized carbons (Fsp3) is 0.556. The summed E-state index contributed by atoms with van der Waals surface area (Å²) in [5.74, 6) is 0.0150. The summed E-state index contributed by atoms with van der Waals surface area (Å²) in [5.41, 5.74) is 1.29. The van der Waals surface area contributed by atoms with Gasteiger partial charge in [-0.05, 0) is 31.7 Å². The fourth-order valence-electron chi connectivity index (χ4n) is 3.27. The number of hydrogen-bond donors (Lipinski definition) is 1. The predicted molar refractivity (Wildman–Crippen MR) is 86.8 cm³/mol. The first kappa shape index (κ1) is 16.0. The monoisotopic (exact) mass is 316 g/mol. The molecule has 0 saturated carbocycles. The summed E-state index contributed by atoms with van der Waals surface area (Å²) in [4.78, 5) is 25.9. The van der Waals surface area contributed by atoms with Crippen LogP contribution in [0.2, 0.25) is 0 Å². The zero-order valence-electron chi connectivity index (χ0n) is 13.5. The molecule has 0 bridgehead atoms. The van der Waals surface area contributed by atoms with E-state index in [2.05, 4.69) is 17.4 Å². The summed E-state index contributed by atoms with van der Waals surface area (Å²) >= 11 is 0. The number of carbonyl (C=O) groups excluding carboxylic acids is 2. The Bertz CT molecular complexity index is 561. The number of hydrogen-bond acceptors (Lipinski definition) is 3. The number of ether oxygens (including phenoxy) is 1. The summed E-state index contributed by atoms with van der Waals surface area (Å²) in [7, 11) is 0. The van der Waals surface area contributed by atoms with Gasteiger partial charge in [-0.15, -0.1) is 0 Å². The van der Waals surface area contributed by atoms with E-state index in [9.17, 15) is 9.59 Å². The maximum atomic E-state index is 12.6. The lowest BCUT2D eigenvalue weighted by atomic mass is 10.0. The van der Waals surface area contributed by atoms with Crippen LogP contribution in [0.5, 0.6) is 0 Å². The van der Waals surface area contributed by atoms with Crippen molar-refractivity contribution in [1.29, 1.82) is 0 Å². The Kier molecular flexibility index (Phi) is 4.96. The zero-order valence-corrected chi connectivity index (χ0v) is 13.5. The normalized spacial score (nSPS) is 27.8. The average molecular weight is 316 g/mol. The molecule has 23 heavy (non-hydrogen) atoms. The van der Waals surface area contributed by atoms with Gasteiger partial charge in [0.25, 0.3) is 0 Å². The molecule has 2 aliphatic heterocycles. The van der Waals surface area contributed by atoms with Crippen molar-refractivity contribution < 1.29 is 14.3 Å². The van der Waals surface area contributed by atoms with Gasteiger partial charge in [0, 0.05) is 13.0 Å². The van der Waals surface area contributed by atoms with E-state index in [4.69, 9.17) is 4.74 Å². The molecule has 0 spiro atoms. The van der Waals surface area contributed by atoms with Crippen LogP contribution < -0.4 is 5.32 Å². The second-order valence-corrected chi connectivity index (χ2v) is 6.48. The van der Waals surface area contributed by atoms with Crippen LogP contribution in [-0.2, 0) is 20.7 Å². The first-order valence-corrected chi connectivity index (χ1v) is 8.39. The second-order valence-electron chi connectivity index (χ2n) is 6.48. The van der Waals surface area contributed by atoms with Crippen molar-refractivity contribution in [2.75, 3.05) is 13.2 Å². The quantitative estimate of drug-likeness (QED) is 0.916. The number of morpholine rings is 1. The lowest BCUT2D eigenvalue weighted by Crippen LogP contribution is -2.55. The van der Waals surface area contributed by atoms with E-state index in [-0.39, 0.29) is 30.0 Å². The van der Waals surface area contributed by atoms with E-state index < -0.39 is 0 Å². The minimum Gasteiger partial charge on any atom is -0.374 e. The Balaban J connectivity index is 1.56. The summed E-state index contributed by atoms with van der Waals surface area (Å²) in [6.45, 7) is 3.17. The Labute approximate surface area is 137 Å². The molecule has 5 heteroatoms. The molecule has 2 heterocycles. The third kappa shape index (κ3) is 3.91. The maximum Gasteiger partial charge on any atom is 0.245 e. The number of nitrogens with zero attached hydrogens (tertiary/aromatic N) is 1. The molecule has 0 radical (unpaired) electrons. The van der Waals surface area contributed by atoms with E-state index in [0.29, 0.717) is 26.0 Å². The molecule has 1 aromatic carbocycles. The summed E-state index contributed by atoms with van der Waals surface area (Å²) in [6, 6.07) is 10.0. The number of carbonyl (C=O) groups is 2. The van der Waals surface area contributed by atoms with Gasteiger partial charge in [-0.1, -0.05) is 30.3 Å². The van der Waals surface area contributed by atoms with Crippen LogP contribution >= 0.6 is 0 Å². The zero-order chi connectivity index (χ0) is 16.2. The molecule has 2 amide bonds. The Morgan fingerprint density at radius 3 is 2.83 bits per heavy atom. The number of amides is 2. The summed E-state index contributed by atoms with van der Waals surface area (Å²) in [5, 5.41) is 2.77. The number of benzene rings is 1. The van der Waals surface area contributed by atoms with Crippen LogP contribution in [0.25, 0.3) is 0 Å². The third-order valence-electron chi connectivity index (χ3n) is 4.68. The van der Waals surface area contributed by atoms with E-state index in [1.807, 2.05) is 30.0 Å². The van der Waals surface area contributed by atoms with Crippen molar-refractivity contribution in [1.82, 2.24) is 10.2 Å². The molecule has 124 valence electrons. The Morgan fingerprint density at radius 2 is 2.13 bits per heavy atom. The molecule has 2 saturated heterocycles. The molecule has 3 atom stereocenters. The van der Waals surface area contributed by atoms with Crippen LogP contribution in [0, 0.1) is 0 Å². The number of aryl methyl sites for hydroxylation is 1. The maximum absolute atomic E-state index is 12.6. The molecule has 2 fully saturated rings. The van der Waals surface area contributed by atoms with Gasteiger partial charge in [-0.25, -0.2) is 0 Å². The molecular formula is C18H24N2O3. The van der Waals surface area contributed by atoms with Crippen molar-refractivity contribution in [3.05, 3.63) is 35.9 Å². The minimum absolute atomic E-state index is 0.0232. The van der Waals surface area contributed by atoms with Gasteiger partial charge in [0.2, 0.25) is 11.8 Å². The third-order valence-corrected chi connectivity index (χ3v) is 4.68. The standard InChI is InChI=1S/C18H24N2O3/c1-13-12-23-15(8-7-14-5-3-2-4-6-14)11-20(13)18(22)16-9-10-17(21)19-16/h2-6,13,15-16H,7-12H2,1H3,(H,19,21). The molecule has 1 aromatic rings. The van der Waals surface area contributed by atoms with Gasteiger partial charge in [0.05, 0.1) is 18.8 Å². The predicted octanol–water partition coefficient (Wildman–Crippen LogP) is 1.51. The van der Waals surface area contributed by atoms with E-state index in [0.717, 1.165) is 12.8 Å². The van der Waals surface area contributed by atoms with Crippen molar-refractivity contribution in [3.8, 4) is 0 Å². The topological polar surface area (TPSA) is 58.6 Å². The molecular weight excluding hydrogens is 292 g/mol. The first-order valence-electron chi connectivity index (χ1n) is 8.39. The van der Waals surface area contributed by atoms with Crippen molar-refractivity contribution >= 4 is 11.8 Å². The van der Waals surface area contributed by atoms with Crippen LogP contribution in [0.15, 0.2) is 30.3 Å². The van der Waals surface area contributed by atoms with Crippen LogP contribution in [0.3, 0.4) is 0 Å². The highest BCUT2D eigenvalue weighted by molar-refractivity contribution is 5.91. The first-order chi connectivity index (χ1) is 11.1. The van der Waals surface area contributed by atoms with Gasteiger partial charge in [0.1, 0.15) is 6.04 Å². The highest BCUT2D eigenvalue weighted by Gasteiger charge is 2.36. The molecule has 3 rings (SSSR count). The molecule has 5 nitrogen and oxygen atoms in total. The smallest absolute Gasteiger partial charge is 0.245 e. The van der Waals surface area contributed by atoms with Gasteiger partial charge < -0.3 is 15.0 Å². The van der Waals surface area contributed by atoms with Crippen molar-refractivity contribution in [2.45, 2.75) is 50.8 Å². The molecule has 3 unspecified atom stereocenters. The van der Waals surface area contributed by atoms with Gasteiger partial charge in [-0.3, -0.25) is 9.59 Å². The Morgan fingerprint density at radius 1 is 1.35 bits per heavy atom. The highest BCUT2D eigenvalue weighted by Crippen LogP contribution is 2.19. The number of rotatable bonds is 4. The largest absolute Gasteiger partial charge is 0.374 e. The Hall–Kier alpha value is -1.88. The highest BCUT2D eigenvalue weighted by atomic mass is 16.5. The van der Waals surface area contributed by atoms with Crippen LogP contribution in [-0.4, -0.2) is 48.1 Å². The van der Waals surface area contributed by atoms with E-state index in [1.54, 1.807) is 0 Å². The fourth-order valence-corrected chi connectivity index (χ4v) is 3.27. The molecule has 0 aromatic heterocycles. The molecule has 2 aliphatic rings. The van der Waals surface area contributed by atoms with Crippen LogP contribution in [0.1, 0.15) is 31.7 Å². The van der Waals surface area contributed by atoms with E-state index in [1.165, 1.54) is 5.56 Å². The SMILES string of the molecule is CC1COC(CCc2ccccc2)CN1C(=O)C1CCC(=O)N1.